The molecule has 1 aliphatic heterocycles. The highest BCUT2D eigenvalue weighted by molar-refractivity contribution is 7.99. The van der Waals surface area contributed by atoms with E-state index in [1.54, 1.807) is 0 Å². The van der Waals surface area contributed by atoms with Crippen molar-refractivity contribution in [2.75, 3.05) is 23.0 Å². The molecular formula is C16H21N5OS. The van der Waals surface area contributed by atoms with Gasteiger partial charge < -0.3 is 10.7 Å². The maximum Gasteiger partial charge on any atom is 0.237 e. The number of anilines is 1. The number of carbonyl (C=O) groups excluding carboxylic acids is 1. The van der Waals surface area contributed by atoms with Crippen molar-refractivity contribution < 1.29 is 4.79 Å². The zero-order valence-electron chi connectivity index (χ0n) is 13.4. The van der Waals surface area contributed by atoms with E-state index < -0.39 is 0 Å². The lowest BCUT2D eigenvalue weighted by Crippen LogP contribution is -2.36. The summed E-state index contributed by atoms with van der Waals surface area (Å²) in [5.41, 5.74) is 2.27. The molecule has 23 heavy (non-hydrogen) atoms. The Labute approximate surface area is 140 Å². The quantitative estimate of drug-likeness (QED) is 0.686. The molecule has 6 nitrogen and oxygen atoms in total. The molecule has 0 spiro atoms. The van der Waals surface area contributed by atoms with Crippen LogP contribution < -0.4 is 10.7 Å². The number of aryl methyl sites for hydroxylation is 1. The van der Waals surface area contributed by atoms with E-state index in [1.807, 2.05) is 36.9 Å². The first kappa shape index (κ1) is 15.9. The highest BCUT2D eigenvalue weighted by atomic mass is 32.2. The van der Waals surface area contributed by atoms with Gasteiger partial charge in [0.1, 0.15) is 0 Å². The van der Waals surface area contributed by atoms with Crippen LogP contribution in [0.2, 0.25) is 0 Å². The molecule has 2 N–H and O–H groups in total. The predicted octanol–water partition coefficient (Wildman–Crippen LogP) is 2.19. The molecule has 1 amide bonds. The number of fused-ring (bicyclic) bond motifs is 1. The monoisotopic (exact) mass is 331 g/mol. The molecule has 3 rings (SSSR count). The summed E-state index contributed by atoms with van der Waals surface area (Å²) in [4.78, 5) is 14.5. The lowest BCUT2D eigenvalue weighted by atomic mass is 10.0. The van der Waals surface area contributed by atoms with Crippen molar-refractivity contribution in [2.45, 2.75) is 37.8 Å². The number of nitrogens with zero attached hydrogens (tertiary/aromatic N) is 4. The number of hydrogen-bond acceptors (Lipinski definition) is 5. The molecule has 1 aromatic heterocycles. The van der Waals surface area contributed by atoms with Crippen molar-refractivity contribution >= 4 is 23.4 Å². The average molecular weight is 331 g/mol. The first-order valence-electron chi connectivity index (χ1n) is 7.79. The largest absolute Gasteiger partial charge is 0.336 e. The fourth-order valence-corrected chi connectivity index (χ4v) is 3.52. The summed E-state index contributed by atoms with van der Waals surface area (Å²) in [7, 11) is 0. The molecule has 1 aromatic carbocycles. The molecule has 0 bridgehead atoms. The smallest absolute Gasteiger partial charge is 0.237 e. The second-order valence-corrected chi connectivity index (χ2v) is 6.87. The maximum atomic E-state index is 12.6. The topological polar surface area (TPSA) is 77.0 Å². The minimum Gasteiger partial charge on any atom is -0.336 e. The number of amides is 1. The first-order chi connectivity index (χ1) is 11.1. The molecule has 7 heteroatoms. The van der Waals surface area contributed by atoms with Crippen molar-refractivity contribution in [1.29, 1.82) is 0 Å². The van der Waals surface area contributed by atoms with E-state index in [2.05, 4.69) is 16.3 Å². The molecule has 0 saturated heterocycles. The second kappa shape index (κ2) is 6.62. The van der Waals surface area contributed by atoms with Gasteiger partial charge in [-0.05, 0) is 24.5 Å². The van der Waals surface area contributed by atoms with Gasteiger partial charge >= 0.3 is 0 Å². The van der Waals surface area contributed by atoms with Crippen LogP contribution in [0.3, 0.4) is 0 Å². The summed E-state index contributed by atoms with van der Waals surface area (Å²) in [5.74, 6) is 7.30. The van der Waals surface area contributed by atoms with Crippen molar-refractivity contribution in [3.05, 3.63) is 35.7 Å². The number of aromatic nitrogens is 3. The summed E-state index contributed by atoms with van der Waals surface area (Å²) in [6.45, 7) is 4.79. The minimum atomic E-state index is 0.0799. The van der Waals surface area contributed by atoms with Crippen LogP contribution in [0, 0.1) is 0 Å². The standard InChI is InChI=1S/C16H21N5OS/c1-11(2)15-18-19-16(21(15)17)23-10-14(22)20-9-5-7-12-6-3-4-8-13(12)20/h3-4,6,8,11H,5,7,9-10,17H2,1-2H3. The number of para-hydroxylation sites is 1. The zero-order chi connectivity index (χ0) is 16.4. The molecule has 0 saturated carbocycles. The molecule has 122 valence electrons. The SMILES string of the molecule is CC(C)c1nnc(SCC(=O)N2CCCc3ccccc32)n1N. The molecule has 2 aromatic rings. The Morgan fingerprint density at radius 2 is 2.13 bits per heavy atom. The Balaban J connectivity index is 1.69. The number of benzene rings is 1. The maximum absolute atomic E-state index is 12.6. The fourth-order valence-electron chi connectivity index (χ4n) is 2.78. The highest BCUT2D eigenvalue weighted by Gasteiger charge is 2.23. The molecule has 1 aliphatic rings. The summed E-state index contributed by atoms with van der Waals surface area (Å²) in [6, 6.07) is 8.10. The van der Waals surface area contributed by atoms with E-state index in [9.17, 15) is 4.79 Å². The van der Waals surface area contributed by atoms with E-state index in [1.165, 1.54) is 22.0 Å². The van der Waals surface area contributed by atoms with Crippen molar-refractivity contribution in [3.63, 3.8) is 0 Å². The van der Waals surface area contributed by atoms with Gasteiger partial charge in [-0.25, -0.2) is 4.68 Å². The molecule has 0 fully saturated rings. The third-order valence-corrected chi connectivity index (χ3v) is 4.87. The van der Waals surface area contributed by atoms with Gasteiger partial charge in [0.05, 0.1) is 5.75 Å². The average Bonchev–Trinajstić information content (AvgIpc) is 2.93. The second-order valence-electron chi connectivity index (χ2n) is 5.93. The van der Waals surface area contributed by atoms with Gasteiger partial charge in [-0.2, -0.15) is 0 Å². The number of carbonyl (C=O) groups is 1. The Hall–Kier alpha value is -2.02. The van der Waals surface area contributed by atoms with Crippen LogP contribution in [0.1, 0.15) is 37.6 Å². The van der Waals surface area contributed by atoms with Gasteiger partial charge in [0, 0.05) is 18.2 Å². The highest BCUT2D eigenvalue weighted by Crippen LogP contribution is 2.28. The van der Waals surface area contributed by atoms with Crippen molar-refractivity contribution in [2.24, 2.45) is 0 Å². The molecular weight excluding hydrogens is 310 g/mol. The first-order valence-corrected chi connectivity index (χ1v) is 8.78. The van der Waals surface area contributed by atoms with Gasteiger partial charge in [0.25, 0.3) is 0 Å². The number of rotatable bonds is 4. The lowest BCUT2D eigenvalue weighted by molar-refractivity contribution is -0.116. The van der Waals surface area contributed by atoms with E-state index in [-0.39, 0.29) is 11.8 Å². The van der Waals surface area contributed by atoms with Crippen LogP contribution in [0.15, 0.2) is 29.4 Å². The molecule has 0 unspecified atom stereocenters. The summed E-state index contributed by atoms with van der Waals surface area (Å²) in [6.07, 6.45) is 2.03. The summed E-state index contributed by atoms with van der Waals surface area (Å²) < 4.78 is 1.48. The lowest BCUT2D eigenvalue weighted by Gasteiger charge is -2.29. The van der Waals surface area contributed by atoms with E-state index in [4.69, 9.17) is 5.84 Å². The summed E-state index contributed by atoms with van der Waals surface area (Å²) in [5, 5.41) is 8.74. The van der Waals surface area contributed by atoms with Crippen LogP contribution in [0.4, 0.5) is 5.69 Å². The summed E-state index contributed by atoms with van der Waals surface area (Å²) >= 11 is 1.33. The fraction of sp³-hybridized carbons (Fsp3) is 0.438. The van der Waals surface area contributed by atoms with Crippen LogP contribution in [0.5, 0.6) is 0 Å². The van der Waals surface area contributed by atoms with Crippen molar-refractivity contribution in [1.82, 2.24) is 14.9 Å². The van der Waals surface area contributed by atoms with Crippen LogP contribution in [0.25, 0.3) is 0 Å². The molecule has 0 atom stereocenters. The Morgan fingerprint density at radius 1 is 1.35 bits per heavy atom. The van der Waals surface area contributed by atoms with Crippen LogP contribution in [-0.4, -0.2) is 33.1 Å². The van der Waals surface area contributed by atoms with E-state index >= 15 is 0 Å². The van der Waals surface area contributed by atoms with Crippen LogP contribution in [-0.2, 0) is 11.2 Å². The normalized spacial score (nSPS) is 14.1. The Bertz CT molecular complexity index is 712. The molecule has 0 radical (unpaired) electrons. The predicted molar refractivity (Wildman–Crippen MR) is 92.1 cm³/mol. The van der Waals surface area contributed by atoms with E-state index in [0.29, 0.717) is 10.9 Å². The van der Waals surface area contributed by atoms with Gasteiger partial charge in [-0.15, -0.1) is 10.2 Å². The number of nitrogen functional groups attached to an aromatic ring is 1. The van der Waals surface area contributed by atoms with Gasteiger partial charge in [0.15, 0.2) is 5.82 Å². The Morgan fingerprint density at radius 3 is 2.87 bits per heavy atom. The van der Waals surface area contributed by atoms with Gasteiger partial charge in [0.2, 0.25) is 11.1 Å². The van der Waals surface area contributed by atoms with E-state index in [0.717, 1.165) is 30.9 Å². The van der Waals surface area contributed by atoms with Crippen LogP contribution >= 0.6 is 11.8 Å². The number of thioether (sulfide) groups is 1. The molecule has 2 heterocycles. The third kappa shape index (κ3) is 3.19. The Kier molecular flexibility index (Phi) is 4.56. The zero-order valence-corrected chi connectivity index (χ0v) is 14.2. The third-order valence-electron chi connectivity index (χ3n) is 3.94. The minimum absolute atomic E-state index is 0.0799. The number of hydrogen-bond donors (Lipinski definition) is 1. The van der Waals surface area contributed by atoms with Crippen molar-refractivity contribution in [3.8, 4) is 0 Å². The van der Waals surface area contributed by atoms with Gasteiger partial charge in [-0.1, -0.05) is 43.8 Å². The van der Waals surface area contributed by atoms with Gasteiger partial charge in [-0.3, -0.25) is 4.79 Å². The molecule has 0 aliphatic carbocycles. The number of nitrogens with two attached hydrogens (primary N) is 1.